The van der Waals surface area contributed by atoms with Gasteiger partial charge in [0, 0.05) is 4.91 Å². The minimum atomic E-state index is 0.106. The molecule has 0 saturated heterocycles. The molecule has 52 valence electrons. The molecular formula is C4H10N4O. The number of hydrogen-bond acceptors (Lipinski definition) is 3. The van der Waals surface area contributed by atoms with Crippen molar-refractivity contribution < 1.29 is 4.74 Å². The van der Waals surface area contributed by atoms with E-state index < -0.39 is 0 Å². The Hall–Kier alpha value is -0.770. The third-order valence-electron chi connectivity index (χ3n) is 0.562. The van der Waals surface area contributed by atoms with Gasteiger partial charge in [0.25, 0.3) is 0 Å². The van der Waals surface area contributed by atoms with Gasteiger partial charge in [-0.3, -0.25) is 4.90 Å². The van der Waals surface area contributed by atoms with Crippen LogP contribution in [0.5, 0.6) is 0 Å². The third-order valence-corrected chi connectivity index (χ3v) is 0.562. The summed E-state index contributed by atoms with van der Waals surface area (Å²) in [6, 6.07) is 0. The number of nitrogens with zero attached hydrogens (tertiary/aromatic N) is 4. The molecule has 0 amide bonds. The molecule has 0 aromatic heterocycles. The van der Waals surface area contributed by atoms with E-state index in [1.807, 2.05) is 19.0 Å². The highest BCUT2D eigenvalue weighted by Gasteiger charge is 1.84. The maximum atomic E-state index is 7.80. The highest BCUT2D eigenvalue weighted by Crippen LogP contribution is 1.78. The van der Waals surface area contributed by atoms with Crippen molar-refractivity contribution in [2.75, 3.05) is 27.6 Å². The molecule has 0 radical (unpaired) electrons. The molecule has 9 heavy (non-hydrogen) atoms. The number of ether oxygens (including phenoxy) is 1. The predicted molar refractivity (Wildman–Crippen MR) is 33.7 cm³/mol. The molecule has 0 atom stereocenters. The SMILES string of the molecule is CN(C)COCN=[N+]=[N-]. The van der Waals surface area contributed by atoms with Crippen LogP contribution in [-0.4, -0.2) is 32.5 Å². The molecule has 0 aromatic carbocycles. The van der Waals surface area contributed by atoms with E-state index in [2.05, 4.69) is 10.0 Å². The lowest BCUT2D eigenvalue weighted by molar-refractivity contribution is 0.0607. The Labute approximate surface area is 53.8 Å². The quantitative estimate of drug-likeness (QED) is 0.186. The topological polar surface area (TPSA) is 61.2 Å². The summed E-state index contributed by atoms with van der Waals surface area (Å²) >= 11 is 0. The summed E-state index contributed by atoms with van der Waals surface area (Å²) < 4.78 is 4.84. The van der Waals surface area contributed by atoms with Crippen molar-refractivity contribution in [2.45, 2.75) is 0 Å². The first kappa shape index (κ1) is 8.23. The molecule has 0 fully saturated rings. The monoisotopic (exact) mass is 130 g/mol. The van der Waals surface area contributed by atoms with Gasteiger partial charge in [-0.25, -0.2) is 0 Å². The fourth-order valence-corrected chi connectivity index (χ4v) is 0.290. The summed E-state index contributed by atoms with van der Waals surface area (Å²) in [5, 5.41) is 3.18. The fourth-order valence-electron chi connectivity index (χ4n) is 0.290. The van der Waals surface area contributed by atoms with Crippen molar-refractivity contribution in [1.82, 2.24) is 4.90 Å². The summed E-state index contributed by atoms with van der Waals surface area (Å²) in [7, 11) is 3.74. The van der Waals surface area contributed by atoms with E-state index in [-0.39, 0.29) is 6.73 Å². The van der Waals surface area contributed by atoms with Gasteiger partial charge in [0.15, 0.2) is 0 Å². The molecule has 0 aliphatic carbocycles. The molecule has 0 saturated carbocycles. The summed E-state index contributed by atoms with van der Waals surface area (Å²) in [6.07, 6.45) is 0. The van der Waals surface area contributed by atoms with Crippen LogP contribution in [0.25, 0.3) is 10.4 Å². The normalized spacial score (nSPS) is 9.22. The second-order valence-corrected chi connectivity index (χ2v) is 1.77. The molecule has 5 nitrogen and oxygen atoms in total. The number of hydrogen-bond donors (Lipinski definition) is 0. The van der Waals surface area contributed by atoms with E-state index in [1.54, 1.807) is 0 Å². The Morgan fingerprint density at radius 2 is 2.33 bits per heavy atom. The summed E-state index contributed by atoms with van der Waals surface area (Å²) in [6.45, 7) is 0.591. The smallest absolute Gasteiger partial charge is 0.127 e. The second-order valence-electron chi connectivity index (χ2n) is 1.77. The highest BCUT2D eigenvalue weighted by atomic mass is 16.5. The Morgan fingerprint density at radius 3 is 2.78 bits per heavy atom. The molecule has 0 aromatic rings. The van der Waals surface area contributed by atoms with Crippen molar-refractivity contribution >= 4 is 0 Å². The summed E-state index contributed by atoms with van der Waals surface area (Å²) in [5.41, 5.74) is 7.80. The van der Waals surface area contributed by atoms with Crippen molar-refractivity contribution in [2.24, 2.45) is 5.11 Å². The highest BCUT2D eigenvalue weighted by molar-refractivity contribution is 4.36. The minimum Gasteiger partial charge on any atom is -0.360 e. The largest absolute Gasteiger partial charge is 0.360 e. The standard InChI is InChI=1S/C4H10N4O/c1-8(2)4-9-3-6-7-5/h3-4H2,1-2H3. The summed E-state index contributed by atoms with van der Waals surface area (Å²) in [4.78, 5) is 4.35. The van der Waals surface area contributed by atoms with Crippen LogP contribution < -0.4 is 0 Å². The zero-order valence-corrected chi connectivity index (χ0v) is 5.61. The maximum absolute atomic E-state index is 7.80. The molecule has 5 heteroatoms. The molecule has 0 aliphatic heterocycles. The molecule has 0 N–H and O–H groups in total. The average Bonchev–Trinajstić information content (AvgIpc) is 1.80. The van der Waals surface area contributed by atoms with Crippen LogP contribution >= 0.6 is 0 Å². The van der Waals surface area contributed by atoms with Gasteiger partial charge in [-0.1, -0.05) is 5.11 Å². The van der Waals surface area contributed by atoms with Gasteiger partial charge in [0.1, 0.15) is 6.73 Å². The zero-order valence-electron chi connectivity index (χ0n) is 5.61. The van der Waals surface area contributed by atoms with Gasteiger partial charge in [-0.15, -0.1) is 0 Å². The van der Waals surface area contributed by atoms with Crippen molar-refractivity contribution in [3.8, 4) is 0 Å². The predicted octanol–water partition coefficient (Wildman–Crippen LogP) is 0.790. The van der Waals surface area contributed by atoms with E-state index >= 15 is 0 Å². The first-order valence-corrected chi connectivity index (χ1v) is 2.50. The van der Waals surface area contributed by atoms with Gasteiger partial charge in [0.05, 0.1) is 6.73 Å². The van der Waals surface area contributed by atoms with E-state index in [9.17, 15) is 0 Å². The lowest BCUT2D eigenvalue weighted by Gasteiger charge is -2.06. The average molecular weight is 130 g/mol. The van der Waals surface area contributed by atoms with Crippen LogP contribution in [0.3, 0.4) is 0 Å². The van der Waals surface area contributed by atoms with Crippen LogP contribution in [0.4, 0.5) is 0 Å². The van der Waals surface area contributed by atoms with E-state index in [0.717, 1.165) is 0 Å². The number of rotatable bonds is 4. The van der Waals surface area contributed by atoms with Crippen LogP contribution in [-0.2, 0) is 4.74 Å². The molecule has 0 aliphatic rings. The van der Waals surface area contributed by atoms with E-state index in [4.69, 9.17) is 10.3 Å². The van der Waals surface area contributed by atoms with Crippen molar-refractivity contribution in [3.05, 3.63) is 10.4 Å². The van der Waals surface area contributed by atoms with Gasteiger partial charge < -0.3 is 4.74 Å². The first-order chi connectivity index (χ1) is 4.27. The minimum absolute atomic E-state index is 0.106. The Bertz CT molecular complexity index is 107. The Kier molecular flexibility index (Phi) is 4.91. The van der Waals surface area contributed by atoms with E-state index in [0.29, 0.717) is 6.73 Å². The third kappa shape index (κ3) is 7.23. The Balaban J connectivity index is 3.00. The van der Waals surface area contributed by atoms with Crippen LogP contribution in [0, 0.1) is 0 Å². The van der Waals surface area contributed by atoms with Crippen LogP contribution in [0.15, 0.2) is 5.11 Å². The fraction of sp³-hybridized carbons (Fsp3) is 1.00. The zero-order chi connectivity index (χ0) is 7.11. The van der Waals surface area contributed by atoms with Gasteiger partial charge >= 0.3 is 0 Å². The number of azide groups is 1. The van der Waals surface area contributed by atoms with Crippen molar-refractivity contribution in [3.63, 3.8) is 0 Å². The second kappa shape index (κ2) is 5.37. The van der Waals surface area contributed by atoms with Crippen LogP contribution in [0.2, 0.25) is 0 Å². The van der Waals surface area contributed by atoms with Gasteiger partial charge in [0.2, 0.25) is 0 Å². The van der Waals surface area contributed by atoms with E-state index in [1.165, 1.54) is 0 Å². The molecule has 0 unspecified atom stereocenters. The molecule has 0 rings (SSSR count). The lowest BCUT2D eigenvalue weighted by atomic mass is 10.9. The Morgan fingerprint density at radius 1 is 1.67 bits per heavy atom. The molecule has 0 heterocycles. The maximum Gasteiger partial charge on any atom is 0.127 e. The van der Waals surface area contributed by atoms with Gasteiger partial charge in [-0.2, -0.15) is 0 Å². The molecule has 0 bridgehead atoms. The van der Waals surface area contributed by atoms with Crippen molar-refractivity contribution in [1.29, 1.82) is 0 Å². The molecular weight excluding hydrogens is 120 g/mol. The first-order valence-electron chi connectivity index (χ1n) is 2.50. The van der Waals surface area contributed by atoms with Crippen LogP contribution in [0.1, 0.15) is 0 Å². The summed E-state index contributed by atoms with van der Waals surface area (Å²) in [5.74, 6) is 0. The molecule has 0 spiro atoms. The lowest BCUT2D eigenvalue weighted by Crippen LogP contribution is -2.15. The van der Waals surface area contributed by atoms with Gasteiger partial charge in [-0.05, 0) is 19.6 Å².